The largest absolute Gasteiger partial charge is 0.334 e. The van der Waals surface area contributed by atoms with Gasteiger partial charge in [0.2, 0.25) is 0 Å². The van der Waals surface area contributed by atoms with E-state index in [0.717, 1.165) is 18.9 Å². The van der Waals surface area contributed by atoms with E-state index in [0.29, 0.717) is 13.1 Å². The molecule has 1 saturated heterocycles. The standard InChI is InChI=1S/C15H20F2N2O3S/c1-23(21,22)10-11-4-3-7-19(9-11)15(20)18-8-12-5-2-6-13(16)14(12)17/h2,5-6,11H,3-4,7-10H2,1H3,(H,18,20)/t11-/m0/s1. The number of benzene rings is 1. The predicted molar refractivity (Wildman–Crippen MR) is 82.6 cm³/mol. The van der Waals surface area contributed by atoms with Gasteiger partial charge in [0, 0.05) is 31.5 Å². The summed E-state index contributed by atoms with van der Waals surface area (Å²) in [6, 6.07) is 3.40. The number of likely N-dealkylation sites (tertiary alicyclic amines) is 1. The summed E-state index contributed by atoms with van der Waals surface area (Å²) in [6.45, 7) is 0.762. The summed E-state index contributed by atoms with van der Waals surface area (Å²) in [4.78, 5) is 13.7. The zero-order valence-corrected chi connectivity index (χ0v) is 13.7. The monoisotopic (exact) mass is 346 g/mol. The van der Waals surface area contributed by atoms with Gasteiger partial charge in [0.15, 0.2) is 11.6 Å². The van der Waals surface area contributed by atoms with E-state index < -0.39 is 27.5 Å². The van der Waals surface area contributed by atoms with Gasteiger partial charge in [0.25, 0.3) is 0 Å². The molecule has 1 aromatic rings. The third-order valence-corrected chi connectivity index (χ3v) is 4.88. The van der Waals surface area contributed by atoms with E-state index in [1.165, 1.54) is 23.3 Å². The summed E-state index contributed by atoms with van der Waals surface area (Å²) in [7, 11) is -3.09. The number of piperidine rings is 1. The molecule has 128 valence electrons. The third-order valence-electron chi connectivity index (χ3n) is 3.81. The van der Waals surface area contributed by atoms with Crippen LogP contribution in [0.15, 0.2) is 18.2 Å². The minimum Gasteiger partial charge on any atom is -0.334 e. The molecule has 2 amide bonds. The second-order valence-corrected chi connectivity index (χ2v) is 8.10. The van der Waals surface area contributed by atoms with Crippen LogP contribution in [0.25, 0.3) is 0 Å². The first-order valence-corrected chi connectivity index (χ1v) is 9.45. The fourth-order valence-electron chi connectivity index (χ4n) is 2.78. The number of urea groups is 1. The van der Waals surface area contributed by atoms with Crippen LogP contribution in [0.3, 0.4) is 0 Å². The average molecular weight is 346 g/mol. The fourth-order valence-corrected chi connectivity index (χ4v) is 3.91. The topological polar surface area (TPSA) is 66.5 Å². The molecule has 0 radical (unpaired) electrons. The fraction of sp³-hybridized carbons (Fsp3) is 0.533. The van der Waals surface area contributed by atoms with E-state index in [1.807, 2.05) is 0 Å². The van der Waals surface area contributed by atoms with Crippen LogP contribution in [0.4, 0.5) is 13.6 Å². The first-order chi connectivity index (χ1) is 10.8. The van der Waals surface area contributed by atoms with E-state index in [9.17, 15) is 22.0 Å². The normalized spacial score (nSPS) is 18.7. The summed E-state index contributed by atoms with van der Waals surface area (Å²) in [5.41, 5.74) is 0.0723. The number of sulfone groups is 1. The zero-order valence-electron chi connectivity index (χ0n) is 12.9. The van der Waals surface area contributed by atoms with E-state index in [1.54, 1.807) is 0 Å². The van der Waals surface area contributed by atoms with Crippen molar-refractivity contribution < 1.29 is 22.0 Å². The molecule has 1 atom stereocenters. The first kappa shape index (κ1) is 17.7. The quantitative estimate of drug-likeness (QED) is 0.906. The van der Waals surface area contributed by atoms with Crippen LogP contribution in [-0.2, 0) is 16.4 Å². The van der Waals surface area contributed by atoms with Crippen LogP contribution >= 0.6 is 0 Å². The van der Waals surface area contributed by atoms with Crippen LogP contribution in [0, 0.1) is 17.6 Å². The molecule has 1 heterocycles. The second-order valence-electron chi connectivity index (χ2n) is 5.92. The van der Waals surface area contributed by atoms with Crippen LogP contribution < -0.4 is 5.32 Å². The molecule has 1 N–H and O–H groups in total. The van der Waals surface area contributed by atoms with Crippen LogP contribution in [-0.4, -0.2) is 44.4 Å². The van der Waals surface area contributed by atoms with Crippen molar-refractivity contribution in [2.75, 3.05) is 25.1 Å². The molecule has 0 bridgehead atoms. The predicted octanol–water partition coefficient (Wildman–Crippen LogP) is 1.93. The molecular weight excluding hydrogens is 326 g/mol. The maximum Gasteiger partial charge on any atom is 0.317 e. The first-order valence-electron chi connectivity index (χ1n) is 7.39. The summed E-state index contributed by atoms with van der Waals surface area (Å²) in [6.07, 6.45) is 2.66. The van der Waals surface area contributed by atoms with Crippen molar-refractivity contribution in [3.8, 4) is 0 Å². The molecule has 0 aromatic heterocycles. The number of rotatable bonds is 4. The van der Waals surface area contributed by atoms with Gasteiger partial charge in [-0.05, 0) is 24.8 Å². The van der Waals surface area contributed by atoms with Crippen molar-refractivity contribution in [1.29, 1.82) is 0 Å². The Balaban J connectivity index is 1.91. The molecule has 0 unspecified atom stereocenters. The zero-order chi connectivity index (χ0) is 17.0. The Morgan fingerprint density at radius 2 is 2.13 bits per heavy atom. The number of carbonyl (C=O) groups is 1. The molecule has 0 saturated carbocycles. The van der Waals surface area contributed by atoms with Crippen molar-refractivity contribution in [1.82, 2.24) is 10.2 Å². The maximum atomic E-state index is 13.5. The lowest BCUT2D eigenvalue weighted by atomic mass is 10.0. The Morgan fingerprint density at radius 3 is 2.83 bits per heavy atom. The van der Waals surface area contributed by atoms with Gasteiger partial charge in [-0.25, -0.2) is 22.0 Å². The highest BCUT2D eigenvalue weighted by Gasteiger charge is 2.26. The van der Waals surface area contributed by atoms with Gasteiger partial charge in [-0.15, -0.1) is 0 Å². The molecular formula is C15H20F2N2O3S. The number of hydrogen-bond acceptors (Lipinski definition) is 3. The lowest BCUT2D eigenvalue weighted by Gasteiger charge is -2.32. The SMILES string of the molecule is CS(=O)(=O)C[C@H]1CCCN(C(=O)NCc2cccc(F)c2F)C1. The van der Waals surface area contributed by atoms with Gasteiger partial charge in [0.1, 0.15) is 9.84 Å². The van der Waals surface area contributed by atoms with Crippen molar-refractivity contribution in [3.63, 3.8) is 0 Å². The number of amides is 2. The van der Waals surface area contributed by atoms with E-state index in [-0.39, 0.29) is 23.8 Å². The molecule has 1 aromatic carbocycles. The minimum absolute atomic E-state index is 0.0509. The van der Waals surface area contributed by atoms with Gasteiger partial charge in [-0.2, -0.15) is 0 Å². The highest BCUT2D eigenvalue weighted by molar-refractivity contribution is 7.90. The summed E-state index contributed by atoms with van der Waals surface area (Å²) in [5.74, 6) is -1.96. The number of nitrogens with zero attached hydrogens (tertiary/aromatic N) is 1. The Kier molecular flexibility index (Phi) is 5.56. The molecule has 8 heteroatoms. The van der Waals surface area contributed by atoms with Gasteiger partial charge in [-0.3, -0.25) is 0 Å². The molecule has 0 aliphatic carbocycles. The highest BCUT2D eigenvalue weighted by atomic mass is 32.2. The van der Waals surface area contributed by atoms with Gasteiger partial charge in [-0.1, -0.05) is 12.1 Å². The van der Waals surface area contributed by atoms with Crippen molar-refractivity contribution in [3.05, 3.63) is 35.4 Å². The Bertz CT molecular complexity index is 679. The van der Waals surface area contributed by atoms with Crippen LogP contribution in [0.5, 0.6) is 0 Å². The molecule has 1 fully saturated rings. The molecule has 1 aliphatic heterocycles. The van der Waals surface area contributed by atoms with Gasteiger partial charge in [0.05, 0.1) is 5.75 Å². The molecule has 0 spiro atoms. The summed E-state index contributed by atoms with van der Waals surface area (Å²) >= 11 is 0. The smallest absolute Gasteiger partial charge is 0.317 e. The van der Waals surface area contributed by atoms with Crippen molar-refractivity contribution >= 4 is 15.9 Å². The molecule has 2 rings (SSSR count). The van der Waals surface area contributed by atoms with Crippen LogP contribution in [0.2, 0.25) is 0 Å². The Hall–Kier alpha value is -1.70. The Morgan fingerprint density at radius 1 is 1.39 bits per heavy atom. The highest BCUT2D eigenvalue weighted by Crippen LogP contribution is 2.18. The van der Waals surface area contributed by atoms with E-state index in [4.69, 9.17) is 0 Å². The Labute approximate surface area is 134 Å². The minimum atomic E-state index is -3.09. The van der Waals surface area contributed by atoms with E-state index in [2.05, 4.69) is 5.32 Å². The van der Waals surface area contributed by atoms with Crippen LogP contribution in [0.1, 0.15) is 18.4 Å². The summed E-state index contributed by atoms with van der Waals surface area (Å²) in [5, 5.41) is 2.55. The lowest BCUT2D eigenvalue weighted by Crippen LogP contribution is -2.46. The van der Waals surface area contributed by atoms with Gasteiger partial charge < -0.3 is 10.2 Å². The third kappa shape index (κ3) is 5.16. The maximum absolute atomic E-state index is 13.5. The van der Waals surface area contributed by atoms with E-state index >= 15 is 0 Å². The summed E-state index contributed by atoms with van der Waals surface area (Å²) < 4.78 is 49.4. The van der Waals surface area contributed by atoms with Crippen molar-refractivity contribution in [2.45, 2.75) is 19.4 Å². The lowest BCUT2D eigenvalue weighted by molar-refractivity contribution is 0.170. The van der Waals surface area contributed by atoms with Gasteiger partial charge >= 0.3 is 6.03 Å². The molecule has 23 heavy (non-hydrogen) atoms. The second kappa shape index (κ2) is 7.25. The van der Waals surface area contributed by atoms with Crippen molar-refractivity contribution in [2.24, 2.45) is 5.92 Å². The number of halogens is 2. The average Bonchev–Trinajstić information content (AvgIpc) is 2.47. The number of hydrogen-bond donors (Lipinski definition) is 1. The number of nitrogens with one attached hydrogen (secondary N) is 1. The molecule has 1 aliphatic rings. The molecule has 5 nitrogen and oxygen atoms in total. The number of carbonyl (C=O) groups excluding carboxylic acids is 1.